The number of aryl methyl sites for hydroxylation is 2. The van der Waals surface area contributed by atoms with Crippen molar-refractivity contribution in [3.8, 4) is 0 Å². The number of carbonyl (C=O) groups excluding carboxylic acids is 4. The number of anilines is 1. The van der Waals surface area contributed by atoms with Crippen LogP contribution in [0.1, 0.15) is 115 Å². The second-order valence-electron chi connectivity index (χ2n) is 13.7. The average molecular weight is 781 g/mol. The molecule has 6 aromatic carbocycles. The van der Waals surface area contributed by atoms with Gasteiger partial charge in [0, 0.05) is 56.5 Å². The van der Waals surface area contributed by atoms with Crippen LogP contribution in [0, 0.1) is 6.92 Å². The SMILES string of the molecule is CC.CC(C)c1ccc(C(=O)c2ccccc2)cn1.CCc1ccc(C(=O)c2ccccc2)cc1.Cc1cccc(NC(=O)c2ccc(C(=O)c3ccccc3)cc2)c1. The van der Waals surface area contributed by atoms with Gasteiger partial charge in [-0.3, -0.25) is 24.2 Å². The minimum Gasteiger partial charge on any atom is -0.322 e. The zero-order valence-electron chi connectivity index (χ0n) is 34.7. The largest absolute Gasteiger partial charge is 0.322 e. The Morgan fingerprint density at radius 1 is 0.492 bits per heavy atom. The van der Waals surface area contributed by atoms with Gasteiger partial charge in [-0.15, -0.1) is 0 Å². The first-order chi connectivity index (χ1) is 28.6. The van der Waals surface area contributed by atoms with E-state index in [-0.39, 0.29) is 23.3 Å². The molecule has 0 atom stereocenters. The summed E-state index contributed by atoms with van der Waals surface area (Å²) >= 11 is 0. The number of benzene rings is 6. The molecule has 0 unspecified atom stereocenters. The van der Waals surface area contributed by atoms with E-state index in [1.807, 2.05) is 160 Å². The number of rotatable bonds is 10. The van der Waals surface area contributed by atoms with Crippen molar-refractivity contribution in [2.75, 3.05) is 5.32 Å². The number of pyridine rings is 1. The minimum absolute atomic E-state index is 0.0217. The summed E-state index contributed by atoms with van der Waals surface area (Å²) in [6.45, 7) is 12.2. The Hall–Kier alpha value is -7.05. The fraction of sp³-hybridized carbons (Fsp3) is 0.151. The van der Waals surface area contributed by atoms with Gasteiger partial charge < -0.3 is 5.32 Å². The Balaban J connectivity index is 0.000000196. The fourth-order valence-corrected chi connectivity index (χ4v) is 5.74. The van der Waals surface area contributed by atoms with Gasteiger partial charge in [-0.2, -0.15) is 0 Å². The maximum absolute atomic E-state index is 12.4. The van der Waals surface area contributed by atoms with E-state index in [9.17, 15) is 19.2 Å². The Morgan fingerprint density at radius 2 is 0.898 bits per heavy atom. The van der Waals surface area contributed by atoms with Crippen LogP contribution in [-0.2, 0) is 6.42 Å². The topological polar surface area (TPSA) is 93.2 Å². The third-order valence-corrected chi connectivity index (χ3v) is 9.06. The molecule has 7 aromatic rings. The molecule has 1 aromatic heterocycles. The molecule has 6 heteroatoms. The molecule has 1 N–H and O–H groups in total. The summed E-state index contributed by atoms with van der Waals surface area (Å²) in [5.74, 6) is 0.244. The standard InChI is InChI=1S/C21H17NO2.C15H15NO.C15H14O.C2H6/c1-15-6-5-9-19(14-15)22-21(24)18-12-10-17(11-13-18)20(23)16-7-3-2-4-8-16;1-11(2)14-9-8-13(10-16-14)15(17)12-6-4-3-5-7-12;1-2-12-8-10-14(11-9-12)15(16)13-6-4-3-5-7-13;1-2/h2-14H,1H3,(H,22,24);3-11H,1-2H3;3-11H,2H2,1H3;1-2H3. The molecule has 0 spiro atoms. The first-order valence-electron chi connectivity index (χ1n) is 19.9. The Labute approximate surface area is 349 Å². The quantitative estimate of drug-likeness (QED) is 0.140. The van der Waals surface area contributed by atoms with Crippen LogP contribution in [0.15, 0.2) is 182 Å². The van der Waals surface area contributed by atoms with Gasteiger partial charge in [-0.05, 0) is 66.8 Å². The van der Waals surface area contributed by atoms with E-state index in [4.69, 9.17) is 0 Å². The van der Waals surface area contributed by atoms with E-state index in [1.54, 1.807) is 42.6 Å². The van der Waals surface area contributed by atoms with Crippen molar-refractivity contribution in [2.24, 2.45) is 0 Å². The highest BCUT2D eigenvalue weighted by atomic mass is 16.2. The van der Waals surface area contributed by atoms with Crippen molar-refractivity contribution in [3.63, 3.8) is 0 Å². The lowest BCUT2D eigenvalue weighted by Crippen LogP contribution is -2.12. The first kappa shape index (κ1) is 44.7. The predicted octanol–water partition coefficient (Wildman–Crippen LogP) is 12.4. The van der Waals surface area contributed by atoms with E-state index in [2.05, 4.69) is 31.1 Å². The number of carbonyl (C=O) groups is 4. The highest BCUT2D eigenvalue weighted by Crippen LogP contribution is 2.16. The van der Waals surface area contributed by atoms with Gasteiger partial charge >= 0.3 is 0 Å². The second kappa shape index (κ2) is 23.2. The molecule has 0 fully saturated rings. The second-order valence-corrected chi connectivity index (χ2v) is 13.7. The van der Waals surface area contributed by atoms with Crippen LogP contribution >= 0.6 is 0 Å². The van der Waals surface area contributed by atoms with Crippen LogP contribution in [0.2, 0.25) is 0 Å². The molecule has 59 heavy (non-hydrogen) atoms. The molecular weight excluding hydrogens is 729 g/mol. The van der Waals surface area contributed by atoms with Crippen molar-refractivity contribution in [3.05, 3.63) is 238 Å². The van der Waals surface area contributed by atoms with Gasteiger partial charge in [0.05, 0.1) is 0 Å². The fourth-order valence-electron chi connectivity index (χ4n) is 5.74. The number of amides is 1. The molecule has 1 amide bonds. The van der Waals surface area contributed by atoms with Gasteiger partial charge in [0.2, 0.25) is 0 Å². The summed E-state index contributed by atoms with van der Waals surface area (Å²) in [6.07, 6.45) is 2.66. The van der Waals surface area contributed by atoms with Crippen molar-refractivity contribution in [1.29, 1.82) is 0 Å². The van der Waals surface area contributed by atoms with Crippen molar-refractivity contribution >= 4 is 28.9 Å². The molecule has 0 radical (unpaired) electrons. The van der Waals surface area contributed by atoms with Crippen molar-refractivity contribution in [2.45, 2.75) is 53.9 Å². The normalized spacial score (nSPS) is 10.0. The molecule has 6 nitrogen and oxygen atoms in total. The Bertz CT molecular complexity index is 2370. The van der Waals surface area contributed by atoms with E-state index >= 15 is 0 Å². The maximum atomic E-state index is 12.4. The third kappa shape index (κ3) is 13.5. The lowest BCUT2D eigenvalue weighted by Gasteiger charge is -2.07. The zero-order valence-corrected chi connectivity index (χ0v) is 34.7. The van der Waals surface area contributed by atoms with Gasteiger partial charge in [-0.25, -0.2) is 0 Å². The summed E-state index contributed by atoms with van der Waals surface area (Å²) < 4.78 is 0. The number of aromatic nitrogens is 1. The predicted molar refractivity (Wildman–Crippen MR) is 241 cm³/mol. The van der Waals surface area contributed by atoms with E-state index in [1.165, 1.54) is 5.56 Å². The third-order valence-electron chi connectivity index (χ3n) is 9.06. The molecule has 0 saturated heterocycles. The zero-order chi connectivity index (χ0) is 42.6. The van der Waals surface area contributed by atoms with Crippen LogP contribution in [0.5, 0.6) is 0 Å². The molecule has 298 valence electrons. The lowest BCUT2D eigenvalue weighted by molar-refractivity contribution is 0.101. The smallest absolute Gasteiger partial charge is 0.255 e. The van der Waals surface area contributed by atoms with Gasteiger partial charge in [-0.1, -0.05) is 174 Å². The van der Waals surface area contributed by atoms with Gasteiger partial charge in [0.25, 0.3) is 5.91 Å². The molecule has 0 aliphatic carbocycles. The van der Waals surface area contributed by atoms with Crippen LogP contribution < -0.4 is 5.32 Å². The van der Waals surface area contributed by atoms with Crippen molar-refractivity contribution < 1.29 is 19.2 Å². The monoisotopic (exact) mass is 780 g/mol. The summed E-state index contributed by atoms with van der Waals surface area (Å²) in [4.78, 5) is 53.1. The Morgan fingerprint density at radius 3 is 1.31 bits per heavy atom. The first-order valence-corrected chi connectivity index (χ1v) is 19.9. The minimum atomic E-state index is -0.195. The summed E-state index contributed by atoms with van der Waals surface area (Å²) in [7, 11) is 0. The summed E-state index contributed by atoms with van der Waals surface area (Å²) in [5, 5.41) is 2.86. The molecule has 1 heterocycles. The summed E-state index contributed by atoms with van der Waals surface area (Å²) in [5.41, 5.74) is 8.64. The number of ketones is 3. The van der Waals surface area contributed by atoms with Gasteiger partial charge in [0.15, 0.2) is 17.3 Å². The van der Waals surface area contributed by atoms with Crippen molar-refractivity contribution in [1.82, 2.24) is 4.98 Å². The van der Waals surface area contributed by atoms with Crippen LogP contribution in [-0.4, -0.2) is 28.2 Å². The molecule has 0 saturated carbocycles. The van der Waals surface area contributed by atoms with E-state index in [0.717, 1.165) is 34.5 Å². The molecule has 7 rings (SSSR count). The van der Waals surface area contributed by atoms with Crippen LogP contribution in [0.3, 0.4) is 0 Å². The molecule has 0 bridgehead atoms. The number of hydrogen-bond acceptors (Lipinski definition) is 5. The number of nitrogens with one attached hydrogen (secondary N) is 1. The molecule has 0 aliphatic rings. The van der Waals surface area contributed by atoms with E-state index < -0.39 is 0 Å². The summed E-state index contributed by atoms with van der Waals surface area (Å²) in [6, 6.07) is 53.6. The van der Waals surface area contributed by atoms with Gasteiger partial charge in [0.1, 0.15) is 0 Å². The Kier molecular flexibility index (Phi) is 17.6. The lowest BCUT2D eigenvalue weighted by atomic mass is 10.0. The van der Waals surface area contributed by atoms with E-state index in [0.29, 0.717) is 33.7 Å². The molecular formula is C53H52N2O4. The highest BCUT2D eigenvalue weighted by molar-refractivity contribution is 6.11. The van der Waals surface area contributed by atoms with Crippen LogP contribution in [0.25, 0.3) is 0 Å². The number of nitrogens with zero attached hydrogens (tertiary/aromatic N) is 1. The number of hydrogen-bond donors (Lipinski definition) is 1. The van der Waals surface area contributed by atoms with Crippen LogP contribution in [0.4, 0.5) is 5.69 Å². The maximum Gasteiger partial charge on any atom is 0.255 e. The average Bonchev–Trinajstić information content (AvgIpc) is 3.30. The molecule has 0 aliphatic heterocycles. The highest BCUT2D eigenvalue weighted by Gasteiger charge is 2.12.